The molecule has 0 bridgehead atoms. The normalized spacial score (nSPS) is 25.7. The largest absolute Gasteiger partial charge is 0.390 e. The van der Waals surface area contributed by atoms with Crippen molar-refractivity contribution in [2.24, 2.45) is 5.92 Å². The molecule has 0 amide bonds. The molecule has 1 saturated heterocycles. The Kier molecular flexibility index (Phi) is 7.26. The zero-order valence-corrected chi connectivity index (χ0v) is 15.8. The molecule has 1 N–H and O–H groups in total. The first-order chi connectivity index (χ1) is 12.2. The van der Waals surface area contributed by atoms with Crippen molar-refractivity contribution in [1.29, 1.82) is 0 Å². The van der Waals surface area contributed by atoms with Crippen LogP contribution in [0, 0.1) is 5.92 Å². The maximum Gasteiger partial charge on any atom is 0.0822 e. The summed E-state index contributed by atoms with van der Waals surface area (Å²) < 4.78 is 0. The third-order valence-electron chi connectivity index (χ3n) is 6.20. The summed E-state index contributed by atoms with van der Waals surface area (Å²) in [5.41, 5.74) is 1.13. The molecule has 2 heterocycles. The van der Waals surface area contributed by atoms with E-state index < -0.39 is 0 Å². The molecular formula is C21H35N3O. The van der Waals surface area contributed by atoms with Crippen LogP contribution in [-0.2, 0) is 6.42 Å². The average molecular weight is 346 g/mol. The topological polar surface area (TPSA) is 39.6 Å². The number of rotatable bonds is 8. The predicted molar refractivity (Wildman–Crippen MR) is 103 cm³/mol. The molecular weight excluding hydrogens is 310 g/mol. The smallest absolute Gasteiger partial charge is 0.0822 e. The van der Waals surface area contributed by atoms with Crippen LogP contribution in [0.3, 0.4) is 0 Å². The Bertz CT molecular complexity index is 489. The maximum atomic E-state index is 10.6. The van der Waals surface area contributed by atoms with E-state index >= 15 is 0 Å². The zero-order chi connectivity index (χ0) is 17.5. The van der Waals surface area contributed by atoms with E-state index in [-0.39, 0.29) is 12.1 Å². The highest BCUT2D eigenvalue weighted by Gasteiger charge is 2.30. The molecule has 0 spiro atoms. The van der Waals surface area contributed by atoms with E-state index in [9.17, 15) is 5.11 Å². The van der Waals surface area contributed by atoms with Crippen LogP contribution in [0.2, 0.25) is 0 Å². The Morgan fingerprint density at radius 2 is 2.08 bits per heavy atom. The van der Waals surface area contributed by atoms with Gasteiger partial charge in [-0.25, -0.2) is 0 Å². The van der Waals surface area contributed by atoms with Crippen LogP contribution < -0.4 is 0 Å². The van der Waals surface area contributed by atoms with Gasteiger partial charge in [-0.15, -0.1) is 0 Å². The van der Waals surface area contributed by atoms with Gasteiger partial charge >= 0.3 is 0 Å². The first-order valence-corrected chi connectivity index (χ1v) is 10.2. The summed E-state index contributed by atoms with van der Waals surface area (Å²) in [4.78, 5) is 9.20. The average Bonchev–Trinajstić information content (AvgIpc) is 3.14. The number of nitrogens with zero attached hydrogens (tertiary/aromatic N) is 3. The van der Waals surface area contributed by atoms with Gasteiger partial charge in [-0.1, -0.05) is 31.7 Å². The maximum absolute atomic E-state index is 10.6. The van der Waals surface area contributed by atoms with Gasteiger partial charge in [0.1, 0.15) is 0 Å². The van der Waals surface area contributed by atoms with E-state index in [0.29, 0.717) is 0 Å². The second-order valence-corrected chi connectivity index (χ2v) is 8.07. The highest BCUT2D eigenvalue weighted by Crippen LogP contribution is 2.28. The van der Waals surface area contributed by atoms with E-state index in [2.05, 4.69) is 27.9 Å². The van der Waals surface area contributed by atoms with Crippen molar-refractivity contribution in [3.05, 3.63) is 30.1 Å². The molecule has 0 radical (unpaired) electrons. The lowest BCUT2D eigenvalue weighted by Gasteiger charge is -2.40. The molecule has 2 aliphatic rings. The number of hydrogen-bond donors (Lipinski definition) is 1. The van der Waals surface area contributed by atoms with Gasteiger partial charge in [-0.2, -0.15) is 0 Å². The molecule has 4 nitrogen and oxygen atoms in total. The number of β-amino-alcohol motifs (C(OH)–C–C–N with tert-alkyl or cyclic N) is 1. The van der Waals surface area contributed by atoms with Crippen LogP contribution in [0.15, 0.2) is 24.4 Å². The molecule has 1 aliphatic heterocycles. The molecule has 3 rings (SSSR count). The lowest BCUT2D eigenvalue weighted by Crippen LogP contribution is -2.53. The zero-order valence-electron chi connectivity index (χ0n) is 15.8. The number of aliphatic hydroxyl groups is 1. The van der Waals surface area contributed by atoms with Crippen molar-refractivity contribution in [2.45, 2.75) is 63.5 Å². The van der Waals surface area contributed by atoms with Crippen LogP contribution in [-0.4, -0.2) is 65.3 Å². The fourth-order valence-corrected chi connectivity index (χ4v) is 4.61. The summed E-state index contributed by atoms with van der Waals surface area (Å²) in [6.07, 6.45) is 12.1. The molecule has 2 atom stereocenters. The number of pyridine rings is 1. The summed E-state index contributed by atoms with van der Waals surface area (Å²) in [5, 5.41) is 10.6. The Hall–Kier alpha value is -0.970. The molecule has 4 heteroatoms. The fourth-order valence-electron chi connectivity index (χ4n) is 4.61. The Morgan fingerprint density at radius 1 is 1.24 bits per heavy atom. The van der Waals surface area contributed by atoms with Crippen molar-refractivity contribution in [3.63, 3.8) is 0 Å². The van der Waals surface area contributed by atoms with Gasteiger partial charge in [0.05, 0.1) is 6.10 Å². The summed E-state index contributed by atoms with van der Waals surface area (Å²) in [6, 6.07) is 6.37. The van der Waals surface area contributed by atoms with Crippen molar-refractivity contribution < 1.29 is 5.11 Å². The molecule has 0 aromatic carbocycles. The SMILES string of the molecule is CN(CCc1ccccn1)[C@@H]1CCN(CCCC2CCCC2)C[C@H]1O. The molecule has 140 valence electrons. The second-order valence-electron chi connectivity index (χ2n) is 8.07. The highest BCUT2D eigenvalue weighted by atomic mass is 16.3. The minimum atomic E-state index is -0.228. The number of likely N-dealkylation sites (tertiary alicyclic amines) is 1. The van der Waals surface area contributed by atoms with Gasteiger partial charge in [-0.3, -0.25) is 4.98 Å². The van der Waals surface area contributed by atoms with Crippen LogP contribution >= 0.6 is 0 Å². The monoisotopic (exact) mass is 345 g/mol. The van der Waals surface area contributed by atoms with E-state index in [1.165, 1.54) is 38.5 Å². The first kappa shape index (κ1) is 18.8. The van der Waals surface area contributed by atoms with Crippen LogP contribution in [0.1, 0.15) is 50.6 Å². The predicted octanol–water partition coefficient (Wildman–Crippen LogP) is 2.96. The highest BCUT2D eigenvalue weighted by molar-refractivity contribution is 5.04. The van der Waals surface area contributed by atoms with Crippen molar-refractivity contribution in [2.75, 3.05) is 33.2 Å². The minimum Gasteiger partial charge on any atom is -0.390 e. The summed E-state index contributed by atoms with van der Waals surface area (Å²) >= 11 is 0. The van der Waals surface area contributed by atoms with Crippen molar-refractivity contribution in [1.82, 2.24) is 14.8 Å². The molecule has 25 heavy (non-hydrogen) atoms. The minimum absolute atomic E-state index is 0.228. The summed E-state index contributed by atoms with van der Waals surface area (Å²) in [6.45, 7) is 4.09. The van der Waals surface area contributed by atoms with Gasteiger partial charge in [0.15, 0.2) is 0 Å². The lowest BCUT2D eigenvalue weighted by molar-refractivity contribution is -0.00426. The lowest BCUT2D eigenvalue weighted by atomic mass is 9.98. The van der Waals surface area contributed by atoms with E-state index in [1.807, 2.05) is 18.3 Å². The fraction of sp³-hybridized carbons (Fsp3) is 0.762. The van der Waals surface area contributed by atoms with Gasteiger partial charge in [0, 0.05) is 37.4 Å². The number of piperidine rings is 1. The standard InChI is InChI=1S/C21H35N3O/c1-23(15-11-19-10-4-5-13-22-19)20-12-16-24(17-21(20)25)14-6-9-18-7-2-3-8-18/h4-5,10,13,18,20-21,25H,2-3,6-9,11-12,14-17H2,1H3/t20-,21-/m1/s1. The Morgan fingerprint density at radius 3 is 2.80 bits per heavy atom. The van der Waals surface area contributed by atoms with E-state index in [4.69, 9.17) is 0 Å². The number of aliphatic hydroxyl groups excluding tert-OH is 1. The first-order valence-electron chi connectivity index (χ1n) is 10.2. The van der Waals surface area contributed by atoms with Crippen LogP contribution in [0.4, 0.5) is 0 Å². The number of hydrogen-bond acceptors (Lipinski definition) is 4. The Labute approximate surface area is 153 Å². The molecule has 0 unspecified atom stereocenters. The Balaban J connectivity index is 1.35. The molecule has 2 fully saturated rings. The molecule has 1 aromatic heterocycles. The van der Waals surface area contributed by atoms with Crippen LogP contribution in [0.5, 0.6) is 0 Å². The summed E-state index contributed by atoms with van der Waals surface area (Å²) in [7, 11) is 2.15. The van der Waals surface area contributed by atoms with Crippen LogP contribution in [0.25, 0.3) is 0 Å². The molecule has 1 saturated carbocycles. The molecule has 1 aliphatic carbocycles. The molecule has 1 aromatic rings. The van der Waals surface area contributed by atoms with E-state index in [0.717, 1.165) is 50.6 Å². The second kappa shape index (κ2) is 9.65. The third kappa shape index (κ3) is 5.77. The van der Waals surface area contributed by atoms with Gasteiger partial charge in [0.25, 0.3) is 0 Å². The van der Waals surface area contributed by atoms with Gasteiger partial charge in [-0.05, 0) is 57.5 Å². The number of aromatic nitrogens is 1. The third-order valence-corrected chi connectivity index (χ3v) is 6.20. The quantitative estimate of drug-likeness (QED) is 0.786. The number of likely N-dealkylation sites (N-methyl/N-ethyl adjacent to an activating group) is 1. The summed E-state index contributed by atoms with van der Waals surface area (Å²) in [5.74, 6) is 0.986. The van der Waals surface area contributed by atoms with E-state index in [1.54, 1.807) is 0 Å². The van der Waals surface area contributed by atoms with Crippen molar-refractivity contribution in [3.8, 4) is 0 Å². The van der Waals surface area contributed by atoms with Crippen molar-refractivity contribution >= 4 is 0 Å². The van der Waals surface area contributed by atoms with Gasteiger partial charge in [0.2, 0.25) is 0 Å². The van der Waals surface area contributed by atoms with Gasteiger partial charge < -0.3 is 14.9 Å².